The topological polar surface area (TPSA) is 43.5 Å². The molecule has 1 amide bonds. The SMILES string of the molecule is CC(C)C1=NCC(=O)[N-]C1.[Rh]. The minimum absolute atomic E-state index is 0. The standard InChI is InChI=1S/C7H12N2O.Rh/c1-5(2)6-3-9-7(10)4-8-6;/h5H,3-4H2,1-2H3,(H,9,10);/p-1. The van der Waals surface area contributed by atoms with E-state index in [0.717, 1.165) is 5.71 Å². The Morgan fingerprint density at radius 1 is 1.55 bits per heavy atom. The fraction of sp³-hybridized carbons (Fsp3) is 0.714. The smallest absolute Gasteiger partial charge is 0.0802 e. The van der Waals surface area contributed by atoms with Gasteiger partial charge in [-0.25, -0.2) is 0 Å². The van der Waals surface area contributed by atoms with Crippen LogP contribution in [0.2, 0.25) is 0 Å². The summed E-state index contributed by atoms with van der Waals surface area (Å²) in [7, 11) is 0. The summed E-state index contributed by atoms with van der Waals surface area (Å²) in [5, 5.41) is 3.76. The molecule has 1 heterocycles. The number of rotatable bonds is 1. The molecule has 11 heavy (non-hydrogen) atoms. The first-order valence-corrected chi connectivity index (χ1v) is 3.43. The molecule has 0 aromatic carbocycles. The van der Waals surface area contributed by atoms with Gasteiger partial charge in [0.05, 0.1) is 12.5 Å². The van der Waals surface area contributed by atoms with Crippen molar-refractivity contribution < 1.29 is 24.3 Å². The van der Waals surface area contributed by atoms with Crippen LogP contribution in [-0.4, -0.2) is 24.7 Å². The molecule has 0 saturated heterocycles. The second kappa shape index (κ2) is 4.60. The van der Waals surface area contributed by atoms with E-state index in [4.69, 9.17) is 0 Å². The van der Waals surface area contributed by atoms with Gasteiger partial charge in [-0.1, -0.05) is 20.4 Å². The molecule has 1 aliphatic heterocycles. The van der Waals surface area contributed by atoms with E-state index >= 15 is 0 Å². The third kappa shape index (κ3) is 3.11. The van der Waals surface area contributed by atoms with Gasteiger partial charge in [0.15, 0.2) is 0 Å². The Labute approximate surface area is 79.4 Å². The zero-order chi connectivity index (χ0) is 7.56. The Morgan fingerprint density at radius 2 is 2.18 bits per heavy atom. The van der Waals surface area contributed by atoms with E-state index in [1.807, 2.05) is 0 Å². The molecule has 0 atom stereocenters. The Hall–Kier alpha value is -0.237. The molecular weight excluding hydrogens is 231 g/mol. The Balaban J connectivity index is 0.000001000. The summed E-state index contributed by atoms with van der Waals surface area (Å²) >= 11 is 0. The summed E-state index contributed by atoms with van der Waals surface area (Å²) < 4.78 is 0. The quantitative estimate of drug-likeness (QED) is 0.632. The van der Waals surface area contributed by atoms with Crippen LogP contribution in [0.1, 0.15) is 13.8 Å². The molecule has 0 aliphatic carbocycles. The molecule has 0 aromatic rings. The molecule has 0 aromatic heterocycles. The maximum Gasteiger partial charge on any atom is 0.0802 e. The van der Waals surface area contributed by atoms with Gasteiger partial charge in [-0.05, 0) is 11.6 Å². The van der Waals surface area contributed by atoms with Crippen molar-refractivity contribution in [1.82, 2.24) is 0 Å². The van der Waals surface area contributed by atoms with E-state index in [2.05, 4.69) is 24.2 Å². The van der Waals surface area contributed by atoms with Crippen LogP contribution >= 0.6 is 0 Å². The number of carbonyl (C=O) groups excluding carboxylic acids is 1. The fourth-order valence-corrected chi connectivity index (χ4v) is 0.803. The first-order valence-electron chi connectivity index (χ1n) is 3.43. The van der Waals surface area contributed by atoms with Gasteiger partial charge in [-0.2, -0.15) is 0 Å². The Bertz CT molecular complexity index is 177. The molecular formula is C7H11N2ORh-. The van der Waals surface area contributed by atoms with Gasteiger partial charge in [0.1, 0.15) is 0 Å². The van der Waals surface area contributed by atoms with Crippen LogP contribution in [0, 0.1) is 5.92 Å². The minimum Gasteiger partial charge on any atom is -0.647 e. The van der Waals surface area contributed by atoms with Crippen LogP contribution < -0.4 is 0 Å². The van der Waals surface area contributed by atoms with Crippen molar-refractivity contribution in [3.8, 4) is 0 Å². The predicted octanol–water partition coefficient (Wildman–Crippen LogP) is 0.995. The van der Waals surface area contributed by atoms with E-state index in [-0.39, 0.29) is 31.9 Å². The summed E-state index contributed by atoms with van der Waals surface area (Å²) in [5.41, 5.74) is 1.04. The van der Waals surface area contributed by atoms with E-state index in [9.17, 15) is 4.79 Å². The van der Waals surface area contributed by atoms with Crippen LogP contribution in [-0.2, 0) is 24.3 Å². The van der Waals surface area contributed by atoms with Crippen molar-refractivity contribution in [2.24, 2.45) is 10.9 Å². The minimum atomic E-state index is -0.0931. The third-order valence-corrected chi connectivity index (χ3v) is 1.50. The van der Waals surface area contributed by atoms with Gasteiger partial charge >= 0.3 is 0 Å². The Morgan fingerprint density at radius 3 is 2.55 bits per heavy atom. The molecule has 1 rings (SSSR count). The molecule has 0 bridgehead atoms. The van der Waals surface area contributed by atoms with Gasteiger partial charge in [-0.3, -0.25) is 4.99 Å². The van der Waals surface area contributed by atoms with Crippen molar-refractivity contribution in [2.45, 2.75) is 13.8 Å². The third-order valence-electron chi connectivity index (χ3n) is 1.50. The molecule has 1 aliphatic rings. The number of amides is 1. The maximum atomic E-state index is 10.6. The van der Waals surface area contributed by atoms with Crippen LogP contribution in [0.3, 0.4) is 0 Å². The van der Waals surface area contributed by atoms with Crippen molar-refractivity contribution >= 4 is 11.6 Å². The van der Waals surface area contributed by atoms with Gasteiger partial charge in [0, 0.05) is 19.5 Å². The Kier molecular flexibility index (Phi) is 4.50. The van der Waals surface area contributed by atoms with Crippen molar-refractivity contribution in [3.63, 3.8) is 0 Å². The van der Waals surface area contributed by atoms with Crippen LogP contribution in [0.4, 0.5) is 0 Å². The van der Waals surface area contributed by atoms with Gasteiger partial charge in [0.25, 0.3) is 0 Å². The van der Waals surface area contributed by atoms with Crippen LogP contribution in [0.5, 0.6) is 0 Å². The van der Waals surface area contributed by atoms with Crippen LogP contribution in [0.15, 0.2) is 4.99 Å². The molecule has 3 nitrogen and oxygen atoms in total. The second-order valence-electron chi connectivity index (χ2n) is 2.67. The van der Waals surface area contributed by atoms with E-state index in [0.29, 0.717) is 12.5 Å². The predicted molar refractivity (Wildman–Crippen MR) is 40.4 cm³/mol. The number of aliphatic imine (C=N–C) groups is 1. The van der Waals surface area contributed by atoms with E-state index in [1.54, 1.807) is 0 Å². The van der Waals surface area contributed by atoms with Gasteiger partial charge in [-0.15, -0.1) is 0 Å². The summed E-state index contributed by atoms with van der Waals surface area (Å²) in [6, 6.07) is 0. The number of hydrogen-bond donors (Lipinski definition) is 0. The zero-order valence-electron chi connectivity index (χ0n) is 6.63. The first kappa shape index (κ1) is 10.8. The number of nitrogens with zero attached hydrogens (tertiary/aromatic N) is 2. The average Bonchev–Trinajstić information content (AvgIpc) is 1.88. The fourth-order valence-electron chi connectivity index (χ4n) is 0.803. The maximum absolute atomic E-state index is 10.6. The summed E-state index contributed by atoms with van der Waals surface area (Å²) in [4.78, 5) is 14.6. The molecule has 1 radical (unpaired) electrons. The molecule has 0 N–H and O–H groups in total. The molecule has 4 heteroatoms. The number of hydrogen-bond acceptors (Lipinski definition) is 2. The van der Waals surface area contributed by atoms with Crippen molar-refractivity contribution in [3.05, 3.63) is 5.32 Å². The molecule has 0 spiro atoms. The normalized spacial score (nSPS) is 17.0. The first-order chi connectivity index (χ1) is 4.70. The van der Waals surface area contributed by atoms with Gasteiger partial charge in [0.2, 0.25) is 0 Å². The summed E-state index contributed by atoms with van der Waals surface area (Å²) in [5.74, 6) is 0.334. The molecule has 0 unspecified atom stereocenters. The summed E-state index contributed by atoms with van der Waals surface area (Å²) in [6.45, 7) is 4.89. The second-order valence-corrected chi connectivity index (χ2v) is 2.67. The molecule has 65 valence electrons. The van der Waals surface area contributed by atoms with E-state index in [1.165, 1.54) is 0 Å². The average molecular weight is 242 g/mol. The molecule has 0 saturated carbocycles. The molecule has 0 fully saturated rings. The van der Waals surface area contributed by atoms with Gasteiger partial charge < -0.3 is 10.1 Å². The largest absolute Gasteiger partial charge is 0.647 e. The van der Waals surface area contributed by atoms with E-state index < -0.39 is 0 Å². The van der Waals surface area contributed by atoms with Crippen molar-refractivity contribution in [1.29, 1.82) is 0 Å². The summed E-state index contributed by atoms with van der Waals surface area (Å²) in [6.07, 6.45) is 0. The zero-order valence-corrected chi connectivity index (χ0v) is 8.27. The monoisotopic (exact) mass is 242 g/mol. The van der Waals surface area contributed by atoms with Crippen molar-refractivity contribution in [2.75, 3.05) is 13.1 Å². The van der Waals surface area contributed by atoms with Crippen LogP contribution in [0.25, 0.3) is 5.32 Å². The number of carbonyl (C=O) groups is 1.